The highest BCUT2D eigenvalue weighted by molar-refractivity contribution is 7.03. The Labute approximate surface area is 228 Å². The molecule has 3 aromatic heterocycles. The molecule has 0 aliphatic heterocycles. The Morgan fingerprint density at radius 3 is 2.51 bits per heavy atom. The summed E-state index contributed by atoms with van der Waals surface area (Å²) in [5.41, 5.74) is 5.75. The lowest BCUT2D eigenvalue weighted by Gasteiger charge is -2.17. The van der Waals surface area contributed by atoms with E-state index in [2.05, 4.69) is 45.0 Å². The number of nitrogens with zero attached hydrogens (tertiary/aromatic N) is 3. The molecule has 0 saturated heterocycles. The van der Waals surface area contributed by atoms with Gasteiger partial charge in [-0.1, -0.05) is 54.6 Å². The highest BCUT2D eigenvalue weighted by Gasteiger charge is 2.20. The molecule has 3 heterocycles. The Balaban J connectivity index is 1.38. The molecule has 39 heavy (non-hydrogen) atoms. The molecule has 0 aliphatic carbocycles. The lowest BCUT2D eigenvalue weighted by atomic mass is 10.0. The summed E-state index contributed by atoms with van der Waals surface area (Å²) in [6, 6.07) is 26.5. The summed E-state index contributed by atoms with van der Waals surface area (Å²) in [4.78, 5) is 29.6. The topological polar surface area (TPSA) is 96.6 Å². The molecular weight excluding hydrogens is 508 g/mol. The normalized spacial score (nSPS) is 12.0. The van der Waals surface area contributed by atoms with Crippen molar-refractivity contribution < 1.29 is 14.7 Å². The lowest BCUT2D eigenvalue weighted by Crippen LogP contribution is -2.28. The van der Waals surface area contributed by atoms with Crippen LogP contribution in [0.4, 0.5) is 0 Å². The van der Waals surface area contributed by atoms with E-state index in [0.29, 0.717) is 17.8 Å². The average molecular weight is 533 g/mol. The third kappa shape index (κ3) is 4.89. The first-order chi connectivity index (χ1) is 19.0. The molecule has 192 valence electrons. The molecule has 1 atom stereocenters. The largest absolute Gasteiger partial charge is 0.478 e. The summed E-state index contributed by atoms with van der Waals surface area (Å²) in [6.07, 6.45) is 2.43. The predicted octanol–water partition coefficient (Wildman–Crippen LogP) is 6.39. The van der Waals surface area contributed by atoms with E-state index in [1.807, 2.05) is 53.2 Å². The molecule has 6 rings (SSSR count). The Bertz CT molecular complexity index is 1820. The maximum absolute atomic E-state index is 13.7. The minimum atomic E-state index is -0.987. The zero-order chi connectivity index (χ0) is 26.9. The number of carboxylic acids is 1. The van der Waals surface area contributed by atoms with Gasteiger partial charge in [-0.25, -0.2) is 9.78 Å². The number of carbonyl (C=O) groups is 2. The zero-order valence-electron chi connectivity index (χ0n) is 21.0. The van der Waals surface area contributed by atoms with Gasteiger partial charge in [0.05, 0.1) is 17.3 Å². The minimum Gasteiger partial charge on any atom is -0.478 e. The number of hydrogen-bond acceptors (Lipinski definition) is 5. The maximum Gasteiger partial charge on any atom is 0.335 e. The van der Waals surface area contributed by atoms with Gasteiger partial charge in [0.1, 0.15) is 11.3 Å². The number of amides is 1. The number of hydrogen-bond donors (Lipinski definition) is 2. The number of rotatable bonds is 7. The molecule has 6 aromatic rings. The summed E-state index contributed by atoms with van der Waals surface area (Å²) in [5.74, 6) is -1.25. The molecule has 7 nitrogen and oxygen atoms in total. The van der Waals surface area contributed by atoms with Crippen LogP contribution < -0.4 is 5.32 Å². The summed E-state index contributed by atoms with van der Waals surface area (Å²) in [7, 11) is 0. The highest BCUT2D eigenvalue weighted by atomic mass is 32.1. The van der Waals surface area contributed by atoms with Crippen molar-refractivity contribution >= 4 is 39.8 Å². The fraction of sp³-hybridized carbons (Fsp3) is 0.0968. The third-order valence-corrected chi connectivity index (χ3v) is 7.41. The fourth-order valence-corrected chi connectivity index (χ4v) is 5.33. The van der Waals surface area contributed by atoms with Crippen LogP contribution in [0.1, 0.15) is 50.6 Å². The van der Waals surface area contributed by atoms with Crippen molar-refractivity contribution in [2.45, 2.75) is 19.4 Å². The Hall–Kier alpha value is -4.82. The van der Waals surface area contributed by atoms with Gasteiger partial charge in [-0.05, 0) is 70.7 Å². The van der Waals surface area contributed by atoms with Crippen molar-refractivity contribution in [1.29, 1.82) is 0 Å². The van der Waals surface area contributed by atoms with Gasteiger partial charge in [0.15, 0.2) is 0 Å². The van der Waals surface area contributed by atoms with Gasteiger partial charge in [0.2, 0.25) is 0 Å². The van der Waals surface area contributed by atoms with Gasteiger partial charge in [-0.2, -0.15) is 4.37 Å². The van der Waals surface area contributed by atoms with Gasteiger partial charge in [-0.15, -0.1) is 0 Å². The van der Waals surface area contributed by atoms with Crippen LogP contribution in [-0.2, 0) is 6.42 Å². The predicted molar refractivity (Wildman–Crippen MR) is 152 cm³/mol. The molecule has 1 amide bonds. The standard InChI is InChI=1S/C31H24N4O3S/c1-19(21-8-10-23(11-9-21)31(37)38)33-30(36)28-16-25(27-12-13-39-34-27)17-29-32-18-26(35(28)29)15-20-6-7-22-4-2-3-5-24(22)14-20/h2-14,16-19H,15H2,1H3,(H,33,36)(H,37,38)/t19-/m0/s1. The maximum atomic E-state index is 13.7. The van der Waals surface area contributed by atoms with E-state index in [1.165, 1.54) is 16.9 Å². The van der Waals surface area contributed by atoms with E-state index in [4.69, 9.17) is 0 Å². The van der Waals surface area contributed by atoms with Crippen LogP contribution in [0.2, 0.25) is 0 Å². The van der Waals surface area contributed by atoms with Crippen molar-refractivity contribution in [3.8, 4) is 11.3 Å². The number of aromatic nitrogens is 3. The van der Waals surface area contributed by atoms with E-state index in [-0.39, 0.29) is 17.5 Å². The van der Waals surface area contributed by atoms with Gasteiger partial charge >= 0.3 is 5.97 Å². The van der Waals surface area contributed by atoms with Gasteiger partial charge in [-0.3, -0.25) is 9.20 Å². The summed E-state index contributed by atoms with van der Waals surface area (Å²) < 4.78 is 6.36. The number of nitrogens with one attached hydrogen (secondary N) is 1. The molecule has 0 radical (unpaired) electrons. The zero-order valence-corrected chi connectivity index (χ0v) is 21.9. The van der Waals surface area contributed by atoms with E-state index in [1.54, 1.807) is 24.3 Å². The number of benzene rings is 3. The SMILES string of the molecule is C[C@H](NC(=O)c1cc(-c2ccsn2)cc2ncc(Cc3ccc4ccccc4c3)n12)c1ccc(C(=O)O)cc1. The first-order valence-electron chi connectivity index (χ1n) is 12.5. The van der Waals surface area contributed by atoms with E-state index >= 15 is 0 Å². The molecule has 0 fully saturated rings. The van der Waals surface area contributed by atoms with Crippen LogP contribution in [0, 0.1) is 0 Å². The van der Waals surface area contributed by atoms with Crippen molar-refractivity contribution in [2.75, 3.05) is 0 Å². The first-order valence-corrected chi connectivity index (χ1v) is 13.3. The number of aromatic carboxylic acids is 1. The van der Waals surface area contributed by atoms with Gasteiger partial charge in [0.25, 0.3) is 5.91 Å². The van der Waals surface area contributed by atoms with E-state index < -0.39 is 5.97 Å². The van der Waals surface area contributed by atoms with E-state index in [0.717, 1.165) is 33.5 Å². The lowest BCUT2D eigenvalue weighted by molar-refractivity contribution is 0.0696. The quantitative estimate of drug-likeness (QED) is 0.248. The summed E-state index contributed by atoms with van der Waals surface area (Å²) in [5, 5.41) is 16.5. The molecule has 0 saturated carbocycles. The van der Waals surface area contributed by atoms with Crippen molar-refractivity contribution in [3.63, 3.8) is 0 Å². The van der Waals surface area contributed by atoms with Crippen LogP contribution in [-0.4, -0.2) is 30.7 Å². The number of fused-ring (bicyclic) bond motifs is 2. The van der Waals surface area contributed by atoms with Crippen molar-refractivity contribution in [1.82, 2.24) is 19.1 Å². The summed E-state index contributed by atoms with van der Waals surface area (Å²) >= 11 is 1.35. The molecule has 0 bridgehead atoms. The molecule has 0 aliphatic rings. The number of carbonyl (C=O) groups excluding carboxylic acids is 1. The number of imidazole rings is 1. The second kappa shape index (κ2) is 10.2. The Kier molecular flexibility index (Phi) is 6.38. The molecule has 2 N–H and O–H groups in total. The monoisotopic (exact) mass is 532 g/mol. The summed E-state index contributed by atoms with van der Waals surface area (Å²) in [6.45, 7) is 1.87. The smallest absolute Gasteiger partial charge is 0.335 e. The second-order valence-corrected chi connectivity index (χ2v) is 10.1. The second-order valence-electron chi connectivity index (χ2n) is 9.44. The van der Waals surface area contributed by atoms with Crippen molar-refractivity contribution in [2.24, 2.45) is 0 Å². The van der Waals surface area contributed by atoms with Crippen LogP contribution in [0.5, 0.6) is 0 Å². The van der Waals surface area contributed by atoms with Crippen LogP contribution in [0.25, 0.3) is 27.7 Å². The van der Waals surface area contributed by atoms with Crippen LogP contribution in [0.15, 0.2) is 96.5 Å². The Morgan fingerprint density at radius 2 is 1.77 bits per heavy atom. The van der Waals surface area contributed by atoms with Crippen LogP contribution >= 0.6 is 11.5 Å². The molecule has 0 unspecified atom stereocenters. The molecule has 0 spiro atoms. The van der Waals surface area contributed by atoms with E-state index in [9.17, 15) is 14.7 Å². The Morgan fingerprint density at radius 1 is 0.974 bits per heavy atom. The first kappa shape index (κ1) is 24.5. The minimum absolute atomic E-state index is 0.201. The molecule has 3 aromatic carbocycles. The molecular formula is C31H24N4O3S. The number of carboxylic acid groups (broad SMARTS) is 1. The highest BCUT2D eigenvalue weighted by Crippen LogP contribution is 2.26. The van der Waals surface area contributed by atoms with Gasteiger partial charge < -0.3 is 10.4 Å². The van der Waals surface area contributed by atoms with Gasteiger partial charge in [0, 0.05) is 29.3 Å². The average Bonchev–Trinajstić information content (AvgIpc) is 3.63. The fourth-order valence-electron chi connectivity index (χ4n) is 4.80. The number of pyridine rings is 1. The van der Waals surface area contributed by atoms with Crippen LogP contribution in [0.3, 0.4) is 0 Å². The third-order valence-electron chi connectivity index (χ3n) is 6.85. The molecule has 8 heteroatoms. The van der Waals surface area contributed by atoms with Crippen molar-refractivity contribution in [3.05, 3.63) is 125 Å².